The van der Waals surface area contributed by atoms with Crippen molar-refractivity contribution in [2.75, 3.05) is 4.72 Å². The van der Waals surface area contributed by atoms with Crippen LogP contribution in [0.2, 0.25) is 0 Å². The predicted octanol–water partition coefficient (Wildman–Crippen LogP) is 4.09. The molecule has 0 aliphatic rings. The van der Waals surface area contributed by atoms with Gasteiger partial charge in [0.1, 0.15) is 17.2 Å². The first-order valence-electron chi connectivity index (χ1n) is 6.16. The van der Waals surface area contributed by atoms with Gasteiger partial charge in [-0.1, -0.05) is 17.7 Å². The van der Waals surface area contributed by atoms with E-state index in [1.54, 1.807) is 6.92 Å². The average Bonchev–Trinajstić information content (AvgIpc) is 2.35. The molecule has 0 unspecified atom stereocenters. The summed E-state index contributed by atoms with van der Waals surface area (Å²) in [5.74, 6) is -3.81. The summed E-state index contributed by atoms with van der Waals surface area (Å²) in [4.78, 5) is -0.191. The number of hydrogen-bond donors (Lipinski definition) is 1. The quantitative estimate of drug-likeness (QED) is 0.847. The molecule has 0 aromatic heterocycles. The second-order valence-electron chi connectivity index (χ2n) is 4.73. The van der Waals surface area contributed by atoms with Gasteiger partial charge in [0.25, 0.3) is 10.0 Å². The molecule has 0 spiro atoms. The van der Waals surface area contributed by atoms with Gasteiger partial charge in [0.2, 0.25) is 0 Å². The maximum absolute atomic E-state index is 13.4. The number of halogens is 5. The largest absolute Gasteiger partial charge is 0.422 e. The van der Waals surface area contributed by atoms with E-state index in [1.807, 2.05) is 4.72 Å². The Balaban J connectivity index is 2.39. The first-order valence-corrected chi connectivity index (χ1v) is 7.65. The molecule has 1 N–H and O–H groups in total. The van der Waals surface area contributed by atoms with Crippen molar-refractivity contribution in [1.29, 1.82) is 0 Å². The molecule has 2 aromatic carbocycles. The van der Waals surface area contributed by atoms with Crippen LogP contribution in [0.1, 0.15) is 11.1 Å². The Morgan fingerprint density at radius 3 is 1.87 bits per heavy atom. The predicted molar refractivity (Wildman–Crippen MR) is 73.3 cm³/mol. The lowest BCUT2D eigenvalue weighted by atomic mass is 10.1. The molecular weight excluding hydrogens is 341 g/mol. The maximum atomic E-state index is 13.4. The Hall–Kier alpha value is -2.16. The molecule has 0 saturated heterocycles. The van der Waals surface area contributed by atoms with Crippen LogP contribution in [0.3, 0.4) is 0 Å². The van der Waals surface area contributed by atoms with Gasteiger partial charge in [-0.25, -0.2) is 17.2 Å². The van der Waals surface area contributed by atoms with Gasteiger partial charge >= 0.3 is 6.18 Å². The second-order valence-corrected chi connectivity index (χ2v) is 6.41. The van der Waals surface area contributed by atoms with Crippen LogP contribution in [0.25, 0.3) is 0 Å². The van der Waals surface area contributed by atoms with E-state index in [9.17, 15) is 30.4 Å². The summed E-state index contributed by atoms with van der Waals surface area (Å²) < 4.78 is 90.2. The first kappa shape index (κ1) is 17.2. The van der Waals surface area contributed by atoms with Crippen molar-refractivity contribution in [3.8, 4) is 0 Å². The van der Waals surface area contributed by atoms with Gasteiger partial charge in [0, 0.05) is 0 Å². The van der Waals surface area contributed by atoms with E-state index >= 15 is 0 Å². The van der Waals surface area contributed by atoms with Gasteiger partial charge in [0.05, 0.1) is 10.6 Å². The van der Waals surface area contributed by atoms with E-state index in [0.29, 0.717) is 0 Å². The SMILES string of the molecule is Cc1ccc(S(=O)(=O)Nc2cc(F)c(C(F)(F)F)c(F)c2)cc1. The maximum Gasteiger partial charge on any atom is 0.422 e. The monoisotopic (exact) mass is 351 g/mol. The van der Waals surface area contributed by atoms with Crippen molar-refractivity contribution in [3.05, 3.63) is 59.2 Å². The molecule has 0 saturated carbocycles. The Morgan fingerprint density at radius 1 is 0.957 bits per heavy atom. The Bertz CT molecular complexity index is 806. The van der Waals surface area contributed by atoms with E-state index in [1.165, 1.54) is 24.3 Å². The van der Waals surface area contributed by atoms with Crippen molar-refractivity contribution in [1.82, 2.24) is 0 Å². The molecule has 0 aliphatic carbocycles. The van der Waals surface area contributed by atoms with Gasteiger partial charge in [-0.3, -0.25) is 4.72 Å². The van der Waals surface area contributed by atoms with E-state index in [-0.39, 0.29) is 17.0 Å². The summed E-state index contributed by atoms with van der Waals surface area (Å²) in [5, 5.41) is 0. The molecule has 124 valence electrons. The minimum Gasteiger partial charge on any atom is -0.279 e. The summed E-state index contributed by atoms with van der Waals surface area (Å²) in [7, 11) is -4.18. The molecule has 0 bridgehead atoms. The molecule has 0 amide bonds. The van der Waals surface area contributed by atoms with Crippen LogP contribution < -0.4 is 4.72 Å². The Kier molecular flexibility index (Phi) is 4.34. The number of anilines is 1. The van der Waals surface area contributed by atoms with Crippen LogP contribution in [0.4, 0.5) is 27.6 Å². The summed E-state index contributed by atoms with van der Waals surface area (Å²) in [6.07, 6.45) is -5.22. The zero-order chi connectivity index (χ0) is 17.4. The molecule has 2 aromatic rings. The molecular formula is C14H10F5NO2S. The molecule has 0 atom stereocenters. The standard InChI is InChI=1S/C14H10F5NO2S/c1-8-2-4-10(5-3-8)23(21,22)20-9-6-11(15)13(12(16)7-9)14(17,18)19/h2-7,20H,1H3. The zero-order valence-electron chi connectivity index (χ0n) is 11.6. The molecule has 0 fully saturated rings. The normalized spacial score (nSPS) is 12.3. The van der Waals surface area contributed by atoms with E-state index < -0.39 is 39.1 Å². The Labute approximate surface area is 128 Å². The number of hydrogen-bond acceptors (Lipinski definition) is 2. The van der Waals surface area contributed by atoms with Crippen molar-refractivity contribution in [3.63, 3.8) is 0 Å². The topological polar surface area (TPSA) is 46.2 Å². The number of nitrogens with one attached hydrogen (secondary N) is 1. The van der Waals surface area contributed by atoms with Crippen molar-refractivity contribution in [2.45, 2.75) is 18.0 Å². The molecule has 3 nitrogen and oxygen atoms in total. The van der Waals surface area contributed by atoms with Gasteiger partial charge in [-0.15, -0.1) is 0 Å². The van der Waals surface area contributed by atoms with E-state index in [0.717, 1.165) is 5.56 Å². The highest BCUT2D eigenvalue weighted by molar-refractivity contribution is 7.92. The molecule has 0 heterocycles. The molecule has 2 rings (SSSR count). The fourth-order valence-corrected chi connectivity index (χ4v) is 2.87. The highest BCUT2D eigenvalue weighted by Crippen LogP contribution is 2.35. The van der Waals surface area contributed by atoms with Crippen LogP contribution >= 0.6 is 0 Å². The van der Waals surface area contributed by atoms with Gasteiger partial charge in [-0.05, 0) is 31.2 Å². The van der Waals surface area contributed by atoms with Crippen LogP contribution in [0.15, 0.2) is 41.3 Å². The summed E-state index contributed by atoms with van der Waals surface area (Å²) in [6.45, 7) is 1.73. The smallest absolute Gasteiger partial charge is 0.279 e. The minimum atomic E-state index is -5.22. The van der Waals surface area contributed by atoms with Crippen molar-refractivity contribution >= 4 is 15.7 Å². The van der Waals surface area contributed by atoms with Crippen LogP contribution in [0.5, 0.6) is 0 Å². The lowest BCUT2D eigenvalue weighted by Gasteiger charge is -2.12. The van der Waals surface area contributed by atoms with Gasteiger partial charge in [-0.2, -0.15) is 13.2 Å². The van der Waals surface area contributed by atoms with Gasteiger partial charge in [0.15, 0.2) is 0 Å². The molecule has 9 heteroatoms. The fraction of sp³-hybridized carbons (Fsp3) is 0.143. The number of sulfonamides is 1. The van der Waals surface area contributed by atoms with Crippen molar-refractivity contribution in [2.24, 2.45) is 0 Å². The summed E-state index contributed by atoms with van der Waals surface area (Å²) in [6, 6.07) is 6.07. The summed E-state index contributed by atoms with van der Waals surface area (Å²) in [5.41, 5.74) is -1.93. The van der Waals surface area contributed by atoms with Crippen LogP contribution in [0, 0.1) is 18.6 Å². The highest BCUT2D eigenvalue weighted by Gasteiger charge is 2.38. The molecule has 0 radical (unpaired) electrons. The average molecular weight is 351 g/mol. The summed E-state index contributed by atoms with van der Waals surface area (Å²) >= 11 is 0. The van der Waals surface area contributed by atoms with Crippen molar-refractivity contribution < 1.29 is 30.4 Å². The van der Waals surface area contributed by atoms with Crippen LogP contribution in [-0.2, 0) is 16.2 Å². The number of alkyl halides is 3. The van der Waals surface area contributed by atoms with Crippen LogP contribution in [-0.4, -0.2) is 8.42 Å². The lowest BCUT2D eigenvalue weighted by molar-refractivity contribution is -0.142. The van der Waals surface area contributed by atoms with E-state index in [2.05, 4.69) is 0 Å². The molecule has 23 heavy (non-hydrogen) atoms. The zero-order valence-corrected chi connectivity index (χ0v) is 12.4. The van der Waals surface area contributed by atoms with E-state index in [4.69, 9.17) is 0 Å². The third kappa shape index (κ3) is 3.79. The number of benzene rings is 2. The third-order valence-electron chi connectivity index (χ3n) is 2.91. The third-order valence-corrected chi connectivity index (χ3v) is 4.31. The molecule has 0 aliphatic heterocycles. The Morgan fingerprint density at radius 2 is 1.43 bits per heavy atom. The second kappa shape index (κ2) is 5.80. The number of rotatable bonds is 3. The van der Waals surface area contributed by atoms with Gasteiger partial charge < -0.3 is 0 Å². The minimum absolute atomic E-state index is 0.191. The first-order chi connectivity index (χ1) is 10.5. The number of aryl methyl sites for hydroxylation is 1. The lowest BCUT2D eigenvalue weighted by Crippen LogP contribution is -2.16. The fourth-order valence-electron chi connectivity index (χ4n) is 1.83. The highest BCUT2D eigenvalue weighted by atomic mass is 32.2.